The molecule has 0 unspecified atom stereocenters. The summed E-state index contributed by atoms with van der Waals surface area (Å²) in [6.45, 7) is 3.46. The number of amides is 1. The molecule has 1 heterocycles. The maximum atomic E-state index is 12.5. The topological polar surface area (TPSA) is 118 Å². The fourth-order valence-corrected chi connectivity index (χ4v) is 3.59. The van der Waals surface area contributed by atoms with Gasteiger partial charge in [0.1, 0.15) is 0 Å². The number of nitrogens with zero attached hydrogens (tertiary/aromatic N) is 2. The van der Waals surface area contributed by atoms with Crippen LogP contribution in [-0.2, 0) is 11.2 Å². The Morgan fingerprint density at radius 1 is 1.20 bits per heavy atom. The van der Waals surface area contributed by atoms with E-state index in [0.717, 1.165) is 17.3 Å². The minimum absolute atomic E-state index is 0.0345. The molecule has 0 aliphatic carbocycles. The van der Waals surface area contributed by atoms with E-state index in [-0.39, 0.29) is 22.9 Å². The zero-order chi connectivity index (χ0) is 21.7. The molecule has 0 spiro atoms. The summed E-state index contributed by atoms with van der Waals surface area (Å²) in [5.74, 6) is -0.262. The third-order valence-corrected chi connectivity index (χ3v) is 5.33. The molecule has 2 aromatic carbocycles. The van der Waals surface area contributed by atoms with E-state index in [1.165, 1.54) is 18.2 Å². The maximum absolute atomic E-state index is 12.5. The number of non-ortho nitro benzene ring substituents is 1. The molecule has 0 radical (unpaired) electrons. The van der Waals surface area contributed by atoms with Crippen LogP contribution in [0, 0.1) is 24.0 Å². The Balaban J connectivity index is 1.64. The first-order valence-corrected chi connectivity index (χ1v) is 10.1. The van der Waals surface area contributed by atoms with E-state index < -0.39 is 4.92 Å². The monoisotopic (exact) mass is 424 g/mol. The molecule has 30 heavy (non-hydrogen) atoms. The zero-order valence-corrected chi connectivity index (χ0v) is 17.3. The molecule has 0 atom stereocenters. The van der Waals surface area contributed by atoms with Gasteiger partial charge in [-0.3, -0.25) is 19.7 Å². The van der Waals surface area contributed by atoms with Crippen LogP contribution in [0.15, 0.2) is 58.5 Å². The summed E-state index contributed by atoms with van der Waals surface area (Å²) in [7, 11) is 0. The molecule has 0 saturated heterocycles. The number of carbonyl (C=O) groups excluding carboxylic acids is 1. The SMILES string of the molecule is Cc1cc([N+](=O)[O-])ccc1NC(=O)CSc1nc(C)c(Cc2ccccc2)c(=O)[nH]1. The van der Waals surface area contributed by atoms with Crippen molar-refractivity contribution in [1.82, 2.24) is 9.97 Å². The highest BCUT2D eigenvalue weighted by atomic mass is 32.2. The van der Waals surface area contributed by atoms with Gasteiger partial charge in [0.05, 0.1) is 10.7 Å². The molecule has 8 nitrogen and oxygen atoms in total. The molecule has 1 aromatic heterocycles. The molecule has 0 saturated carbocycles. The number of aromatic amines is 1. The summed E-state index contributed by atoms with van der Waals surface area (Å²) in [5, 5.41) is 13.9. The first-order chi connectivity index (χ1) is 14.3. The molecular weight excluding hydrogens is 404 g/mol. The molecule has 0 bridgehead atoms. The molecule has 2 N–H and O–H groups in total. The number of nitrogens with one attached hydrogen (secondary N) is 2. The van der Waals surface area contributed by atoms with E-state index in [2.05, 4.69) is 15.3 Å². The van der Waals surface area contributed by atoms with Crippen LogP contribution in [0.2, 0.25) is 0 Å². The summed E-state index contributed by atoms with van der Waals surface area (Å²) < 4.78 is 0. The number of thioether (sulfide) groups is 1. The highest BCUT2D eigenvalue weighted by Crippen LogP contribution is 2.22. The number of nitro benzene ring substituents is 1. The second kappa shape index (κ2) is 9.36. The second-order valence-corrected chi connectivity index (χ2v) is 7.65. The number of aromatic nitrogens is 2. The van der Waals surface area contributed by atoms with Gasteiger partial charge in [-0.2, -0.15) is 0 Å². The molecule has 0 aliphatic heterocycles. The van der Waals surface area contributed by atoms with Crippen LogP contribution in [-0.4, -0.2) is 26.6 Å². The van der Waals surface area contributed by atoms with Gasteiger partial charge in [-0.1, -0.05) is 42.1 Å². The van der Waals surface area contributed by atoms with Gasteiger partial charge < -0.3 is 10.3 Å². The molecule has 1 amide bonds. The number of hydrogen-bond donors (Lipinski definition) is 2. The quantitative estimate of drug-likeness (QED) is 0.259. The molecule has 3 rings (SSSR count). The number of rotatable bonds is 7. The van der Waals surface area contributed by atoms with Crippen molar-refractivity contribution in [3.8, 4) is 0 Å². The maximum Gasteiger partial charge on any atom is 0.269 e. The zero-order valence-electron chi connectivity index (χ0n) is 16.5. The summed E-state index contributed by atoms with van der Waals surface area (Å²) in [4.78, 5) is 42.2. The lowest BCUT2D eigenvalue weighted by Gasteiger charge is -2.09. The minimum Gasteiger partial charge on any atom is -0.325 e. The van der Waals surface area contributed by atoms with Crippen LogP contribution in [0.1, 0.15) is 22.4 Å². The minimum atomic E-state index is -0.486. The largest absolute Gasteiger partial charge is 0.325 e. The van der Waals surface area contributed by atoms with E-state index >= 15 is 0 Å². The summed E-state index contributed by atoms with van der Waals surface area (Å²) in [5.41, 5.74) is 3.07. The van der Waals surface area contributed by atoms with Gasteiger partial charge in [-0.25, -0.2) is 4.98 Å². The summed E-state index contributed by atoms with van der Waals surface area (Å²) in [6.07, 6.45) is 0.486. The molecule has 154 valence electrons. The summed E-state index contributed by atoms with van der Waals surface area (Å²) in [6, 6.07) is 13.9. The van der Waals surface area contributed by atoms with Gasteiger partial charge >= 0.3 is 0 Å². The van der Waals surface area contributed by atoms with Gasteiger partial charge in [0, 0.05) is 35.5 Å². The van der Waals surface area contributed by atoms with Crippen LogP contribution < -0.4 is 10.9 Å². The fraction of sp³-hybridized carbons (Fsp3) is 0.190. The third kappa shape index (κ3) is 5.32. The highest BCUT2D eigenvalue weighted by Gasteiger charge is 2.13. The van der Waals surface area contributed by atoms with E-state index in [1.807, 2.05) is 30.3 Å². The van der Waals surface area contributed by atoms with E-state index in [0.29, 0.717) is 34.1 Å². The average molecular weight is 424 g/mol. The smallest absolute Gasteiger partial charge is 0.269 e. The Kier molecular flexibility index (Phi) is 6.63. The molecule has 0 aliphatic rings. The lowest BCUT2D eigenvalue weighted by molar-refractivity contribution is -0.384. The number of nitro groups is 1. The Hall–Kier alpha value is -3.46. The van der Waals surface area contributed by atoms with Gasteiger partial charge in [0.15, 0.2) is 5.16 Å². The second-order valence-electron chi connectivity index (χ2n) is 6.69. The highest BCUT2D eigenvalue weighted by molar-refractivity contribution is 7.99. The van der Waals surface area contributed by atoms with Crippen LogP contribution in [0.5, 0.6) is 0 Å². The first kappa shape index (κ1) is 21.3. The Labute approximate surface area is 176 Å². The lowest BCUT2D eigenvalue weighted by atomic mass is 10.1. The predicted octanol–water partition coefficient (Wildman–Crippen LogP) is 3.62. The van der Waals surface area contributed by atoms with Gasteiger partial charge in [0.2, 0.25) is 5.91 Å². The number of aryl methyl sites for hydroxylation is 2. The van der Waals surface area contributed by atoms with Crippen molar-refractivity contribution in [3.63, 3.8) is 0 Å². The van der Waals surface area contributed by atoms with Crippen molar-refractivity contribution < 1.29 is 9.72 Å². The Morgan fingerprint density at radius 3 is 2.57 bits per heavy atom. The normalized spacial score (nSPS) is 10.6. The Morgan fingerprint density at radius 2 is 1.93 bits per heavy atom. The molecule has 0 fully saturated rings. The van der Waals surface area contributed by atoms with Gasteiger partial charge in [-0.15, -0.1) is 0 Å². The van der Waals surface area contributed by atoms with Crippen molar-refractivity contribution in [3.05, 3.63) is 91.4 Å². The van der Waals surface area contributed by atoms with Crippen molar-refractivity contribution in [2.24, 2.45) is 0 Å². The van der Waals surface area contributed by atoms with E-state index in [1.54, 1.807) is 13.8 Å². The average Bonchev–Trinajstić information content (AvgIpc) is 2.71. The number of benzene rings is 2. The lowest BCUT2D eigenvalue weighted by Crippen LogP contribution is -2.19. The number of carbonyl (C=O) groups is 1. The van der Waals surface area contributed by atoms with Crippen LogP contribution >= 0.6 is 11.8 Å². The fourth-order valence-electron chi connectivity index (χ4n) is 2.88. The van der Waals surface area contributed by atoms with Crippen molar-refractivity contribution in [1.29, 1.82) is 0 Å². The predicted molar refractivity (Wildman–Crippen MR) is 116 cm³/mol. The molecule has 3 aromatic rings. The summed E-state index contributed by atoms with van der Waals surface area (Å²) >= 11 is 1.12. The van der Waals surface area contributed by atoms with Crippen molar-refractivity contribution >= 4 is 29.0 Å². The number of hydrogen-bond acceptors (Lipinski definition) is 6. The van der Waals surface area contributed by atoms with Crippen LogP contribution in [0.4, 0.5) is 11.4 Å². The Bertz CT molecular complexity index is 1150. The standard InChI is InChI=1S/C21H20N4O4S/c1-13-10-16(25(28)29)8-9-18(13)23-19(26)12-30-21-22-14(2)17(20(27)24-21)11-15-6-4-3-5-7-15/h3-10H,11-12H2,1-2H3,(H,23,26)(H,22,24,27). The van der Waals surface area contributed by atoms with Gasteiger partial charge in [-0.05, 0) is 31.0 Å². The van der Waals surface area contributed by atoms with Gasteiger partial charge in [0.25, 0.3) is 11.2 Å². The van der Waals surface area contributed by atoms with E-state index in [4.69, 9.17) is 0 Å². The van der Waals surface area contributed by atoms with Crippen molar-refractivity contribution in [2.45, 2.75) is 25.4 Å². The number of H-pyrrole nitrogens is 1. The number of anilines is 1. The third-order valence-electron chi connectivity index (χ3n) is 4.46. The van der Waals surface area contributed by atoms with Crippen LogP contribution in [0.25, 0.3) is 0 Å². The van der Waals surface area contributed by atoms with Crippen molar-refractivity contribution in [2.75, 3.05) is 11.1 Å². The molecule has 9 heteroatoms. The van der Waals surface area contributed by atoms with E-state index in [9.17, 15) is 19.7 Å². The molecular formula is C21H20N4O4S. The first-order valence-electron chi connectivity index (χ1n) is 9.15. The van der Waals surface area contributed by atoms with Crippen LogP contribution in [0.3, 0.4) is 0 Å².